The molecule has 0 radical (unpaired) electrons. The molecule has 0 amide bonds. The van der Waals surface area contributed by atoms with Crippen LogP contribution in [0.15, 0.2) is 76.5 Å². The molecule has 30 heavy (non-hydrogen) atoms. The summed E-state index contributed by atoms with van der Waals surface area (Å²) in [5, 5.41) is 12.2. The minimum atomic E-state index is -0.326. The second kappa shape index (κ2) is 7.49. The molecule has 0 saturated heterocycles. The quantitative estimate of drug-likeness (QED) is 0.318. The summed E-state index contributed by atoms with van der Waals surface area (Å²) in [6, 6.07) is 20.0. The molecule has 0 atom stereocenters. The van der Waals surface area contributed by atoms with Gasteiger partial charge in [0.1, 0.15) is 0 Å². The smallest absolute Gasteiger partial charge is 0.265 e. The third-order valence-electron chi connectivity index (χ3n) is 4.87. The van der Waals surface area contributed by atoms with E-state index in [1.54, 1.807) is 42.6 Å². The van der Waals surface area contributed by atoms with Gasteiger partial charge in [-0.1, -0.05) is 24.3 Å². The van der Waals surface area contributed by atoms with Crippen molar-refractivity contribution in [2.24, 2.45) is 4.99 Å². The number of benzene rings is 3. The number of ether oxygens (including phenoxy) is 2. The lowest BCUT2D eigenvalue weighted by molar-refractivity contribution is 0.174. The van der Waals surface area contributed by atoms with Crippen molar-refractivity contribution in [1.82, 2.24) is 4.57 Å². The molecule has 6 nitrogen and oxygen atoms in total. The van der Waals surface area contributed by atoms with E-state index in [-0.39, 0.29) is 18.2 Å². The van der Waals surface area contributed by atoms with Gasteiger partial charge in [0.25, 0.3) is 5.56 Å². The first kappa shape index (κ1) is 18.7. The zero-order valence-electron chi connectivity index (χ0n) is 15.6. The Balaban J connectivity index is 1.74. The van der Waals surface area contributed by atoms with E-state index in [1.807, 2.05) is 30.3 Å². The molecule has 7 heteroatoms. The van der Waals surface area contributed by atoms with Crippen molar-refractivity contribution in [3.8, 4) is 23.1 Å². The molecule has 0 saturated carbocycles. The molecule has 1 N–H and O–H groups in total. The molecule has 4 aromatic rings. The highest BCUT2D eigenvalue weighted by Gasteiger charge is 2.19. The van der Waals surface area contributed by atoms with Crippen molar-refractivity contribution in [3.63, 3.8) is 0 Å². The van der Waals surface area contributed by atoms with Crippen molar-refractivity contribution in [3.05, 3.63) is 86.2 Å². The normalized spacial score (nSPS) is 12.7. The van der Waals surface area contributed by atoms with Gasteiger partial charge in [-0.15, -0.1) is 0 Å². The summed E-state index contributed by atoms with van der Waals surface area (Å²) >= 11 is 2.22. The predicted molar refractivity (Wildman–Crippen MR) is 124 cm³/mol. The van der Waals surface area contributed by atoms with Crippen LogP contribution in [0.2, 0.25) is 0 Å². The maximum atomic E-state index is 13.2. The summed E-state index contributed by atoms with van der Waals surface area (Å²) in [5.74, 6) is 0.945. The summed E-state index contributed by atoms with van der Waals surface area (Å²) in [5.41, 5.74) is 1.37. The van der Waals surface area contributed by atoms with Gasteiger partial charge in [-0.25, -0.2) is 4.57 Å². The van der Waals surface area contributed by atoms with Crippen LogP contribution in [-0.4, -0.2) is 22.7 Å². The summed E-state index contributed by atoms with van der Waals surface area (Å²) in [6.07, 6.45) is 1.59. The molecule has 3 aromatic carbocycles. The molecule has 1 aliphatic heterocycles. The maximum Gasteiger partial charge on any atom is 0.265 e. The molecule has 1 aromatic heterocycles. The zero-order valence-corrected chi connectivity index (χ0v) is 17.7. The molecular formula is C23H15IN2O4. The number of rotatable bonds is 3. The number of halogens is 1. The molecule has 0 aliphatic carbocycles. The summed E-state index contributed by atoms with van der Waals surface area (Å²) in [4.78, 5) is 17.7. The first-order valence-corrected chi connectivity index (χ1v) is 10.3. The first-order chi connectivity index (χ1) is 14.6. The van der Waals surface area contributed by atoms with E-state index >= 15 is 0 Å². The van der Waals surface area contributed by atoms with E-state index in [0.717, 1.165) is 9.26 Å². The van der Waals surface area contributed by atoms with Crippen molar-refractivity contribution >= 4 is 45.3 Å². The summed E-state index contributed by atoms with van der Waals surface area (Å²) in [6.45, 7) is 0.130. The van der Waals surface area contributed by atoms with Crippen molar-refractivity contribution in [2.75, 3.05) is 6.79 Å². The largest absolute Gasteiger partial charge is 0.494 e. The van der Waals surface area contributed by atoms with E-state index in [2.05, 4.69) is 27.6 Å². The third-order valence-corrected chi connectivity index (χ3v) is 5.54. The zero-order chi connectivity index (χ0) is 20.7. The van der Waals surface area contributed by atoms with Gasteiger partial charge >= 0.3 is 0 Å². The molecule has 148 valence electrons. The number of pyridine rings is 1. The van der Waals surface area contributed by atoms with Gasteiger partial charge in [-0.3, -0.25) is 9.79 Å². The molecule has 0 bridgehead atoms. The van der Waals surface area contributed by atoms with Crippen molar-refractivity contribution < 1.29 is 14.6 Å². The van der Waals surface area contributed by atoms with Crippen LogP contribution in [-0.2, 0) is 0 Å². The van der Waals surface area contributed by atoms with Crippen molar-refractivity contribution in [1.29, 1.82) is 0 Å². The monoisotopic (exact) mass is 510 g/mol. The Hall–Kier alpha value is -3.33. The fourth-order valence-electron chi connectivity index (χ4n) is 3.45. The Morgan fingerprint density at radius 1 is 0.967 bits per heavy atom. The maximum absolute atomic E-state index is 13.2. The average Bonchev–Trinajstić information content (AvgIpc) is 3.22. The molecule has 1 aliphatic rings. The standard InChI is InChI=1S/C23H15IN2O4/c24-14-4-3-5-15(10-14)25-12-19-17-6-1-2-7-18(17)22(27)26(23(19)28)16-8-9-20-21(11-16)30-13-29-20/h1-12,28H,13H2. The SMILES string of the molecule is O=c1c2ccccc2c(C=Nc2cccc(I)c2)c(O)n1-c1ccc2c(c1)OCO2. The number of aromatic nitrogens is 1. The van der Waals surface area contributed by atoms with Crippen LogP contribution in [0.3, 0.4) is 0 Å². The second-order valence-electron chi connectivity index (χ2n) is 6.70. The third kappa shape index (κ3) is 3.21. The molecule has 2 heterocycles. The lowest BCUT2D eigenvalue weighted by Crippen LogP contribution is -2.20. The van der Waals surface area contributed by atoms with Gasteiger partial charge in [0.15, 0.2) is 11.5 Å². The highest BCUT2D eigenvalue weighted by Crippen LogP contribution is 2.35. The van der Waals surface area contributed by atoms with Gasteiger partial charge < -0.3 is 14.6 Å². The van der Waals surface area contributed by atoms with Crippen LogP contribution in [0, 0.1) is 3.57 Å². The average molecular weight is 510 g/mol. The lowest BCUT2D eigenvalue weighted by Gasteiger charge is -2.14. The Bertz CT molecular complexity index is 1380. The summed E-state index contributed by atoms with van der Waals surface area (Å²) < 4.78 is 13.1. The number of hydrogen-bond donors (Lipinski definition) is 1. The van der Waals surface area contributed by atoms with Crippen LogP contribution < -0.4 is 15.0 Å². The fourth-order valence-corrected chi connectivity index (χ4v) is 3.98. The van der Waals surface area contributed by atoms with Crippen LogP contribution in [0.1, 0.15) is 5.56 Å². The molecule has 0 spiro atoms. The summed E-state index contributed by atoms with van der Waals surface area (Å²) in [7, 11) is 0. The van der Waals surface area contributed by atoms with Gasteiger partial charge in [0.2, 0.25) is 12.7 Å². The number of hydrogen-bond acceptors (Lipinski definition) is 5. The highest BCUT2D eigenvalue weighted by molar-refractivity contribution is 14.1. The van der Waals surface area contributed by atoms with E-state index < -0.39 is 0 Å². The molecule has 5 rings (SSSR count). The Morgan fingerprint density at radius 3 is 2.60 bits per heavy atom. The van der Waals surface area contributed by atoms with E-state index in [4.69, 9.17) is 9.47 Å². The van der Waals surface area contributed by atoms with E-state index in [9.17, 15) is 9.90 Å². The van der Waals surface area contributed by atoms with Gasteiger partial charge in [-0.05, 0) is 59.0 Å². The number of nitrogens with zero attached hydrogens (tertiary/aromatic N) is 2. The van der Waals surface area contributed by atoms with Gasteiger partial charge in [-0.2, -0.15) is 0 Å². The van der Waals surface area contributed by atoms with Crippen LogP contribution in [0.4, 0.5) is 5.69 Å². The molecule has 0 unspecified atom stereocenters. The second-order valence-corrected chi connectivity index (χ2v) is 7.94. The topological polar surface area (TPSA) is 73.0 Å². The Morgan fingerprint density at radius 2 is 1.77 bits per heavy atom. The number of aliphatic imine (C=N–C) groups is 1. The number of aromatic hydroxyl groups is 1. The van der Waals surface area contributed by atoms with Crippen LogP contribution >= 0.6 is 22.6 Å². The number of fused-ring (bicyclic) bond motifs is 2. The minimum Gasteiger partial charge on any atom is -0.494 e. The van der Waals surface area contributed by atoms with Crippen molar-refractivity contribution in [2.45, 2.75) is 0 Å². The highest BCUT2D eigenvalue weighted by atomic mass is 127. The van der Waals surface area contributed by atoms with Crippen LogP contribution in [0.25, 0.3) is 16.5 Å². The first-order valence-electron chi connectivity index (χ1n) is 9.18. The van der Waals surface area contributed by atoms with Gasteiger partial charge in [0.05, 0.1) is 16.9 Å². The van der Waals surface area contributed by atoms with E-state index in [1.165, 1.54) is 4.57 Å². The fraction of sp³-hybridized carbons (Fsp3) is 0.0435. The Kier molecular flexibility index (Phi) is 4.66. The molecule has 0 fully saturated rings. The predicted octanol–water partition coefficient (Wildman–Crippen LogP) is 4.78. The van der Waals surface area contributed by atoms with Crippen LogP contribution in [0.5, 0.6) is 17.4 Å². The molecular weight excluding hydrogens is 495 g/mol. The Labute approximate surface area is 185 Å². The minimum absolute atomic E-state index is 0.130. The van der Waals surface area contributed by atoms with Gasteiger partial charge in [0, 0.05) is 26.6 Å². The lowest BCUT2D eigenvalue weighted by atomic mass is 10.1. The van der Waals surface area contributed by atoms with E-state index in [0.29, 0.717) is 33.5 Å².